The quantitative estimate of drug-likeness (QED) is 0.551. The van der Waals surface area contributed by atoms with E-state index in [-0.39, 0.29) is 4.87 Å². The van der Waals surface area contributed by atoms with Crippen molar-refractivity contribution >= 4 is 11.6 Å². The molecule has 0 saturated heterocycles. The van der Waals surface area contributed by atoms with Crippen molar-refractivity contribution in [1.29, 1.82) is 0 Å². The van der Waals surface area contributed by atoms with Crippen molar-refractivity contribution in [1.82, 2.24) is 0 Å². The molecular formula is C12H13Cl. The van der Waals surface area contributed by atoms with Crippen LogP contribution in [0.5, 0.6) is 0 Å². The first-order valence-electron chi connectivity index (χ1n) is 4.96. The number of rotatable bonds is 0. The molecule has 0 spiro atoms. The lowest BCUT2D eigenvalue weighted by Crippen LogP contribution is -2.23. The first-order valence-corrected chi connectivity index (χ1v) is 5.34. The lowest BCUT2D eigenvalue weighted by Gasteiger charge is -2.28. The fraction of sp³-hybridized carbons (Fsp3) is 0.500. The third-order valence-corrected chi connectivity index (χ3v) is 4.12. The third-order valence-electron chi connectivity index (χ3n) is 3.70. The van der Waals surface area contributed by atoms with Crippen LogP contribution >= 0.6 is 11.6 Å². The van der Waals surface area contributed by atoms with Crippen LogP contribution in [0.25, 0.3) is 0 Å². The second kappa shape index (κ2) is 2.30. The van der Waals surface area contributed by atoms with E-state index < -0.39 is 0 Å². The Hall–Kier alpha value is -0.490. The minimum absolute atomic E-state index is 0.0268. The Bertz CT molecular complexity index is 354. The maximum atomic E-state index is 6.49. The molecule has 0 nitrogen and oxygen atoms in total. The van der Waals surface area contributed by atoms with Gasteiger partial charge in [-0.3, -0.25) is 0 Å². The smallest absolute Gasteiger partial charge is 0.0493 e. The highest BCUT2D eigenvalue weighted by Gasteiger charge is 2.49. The summed E-state index contributed by atoms with van der Waals surface area (Å²) in [6.45, 7) is 2.19. The van der Waals surface area contributed by atoms with Gasteiger partial charge < -0.3 is 0 Å². The van der Waals surface area contributed by atoms with Gasteiger partial charge in [-0.05, 0) is 36.8 Å². The third kappa shape index (κ3) is 0.927. The zero-order chi connectivity index (χ0) is 9.05. The van der Waals surface area contributed by atoms with Gasteiger partial charge in [-0.2, -0.15) is 0 Å². The average Bonchev–Trinajstić information content (AvgIpc) is 2.58. The van der Waals surface area contributed by atoms with Crippen molar-refractivity contribution in [2.75, 3.05) is 0 Å². The molecular weight excluding hydrogens is 180 g/mol. The van der Waals surface area contributed by atoms with E-state index in [1.54, 1.807) is 5.56 Å². The Balaban J connectivity index is 2.17. The van der Waals surface area contributed by atoms with Gasteiger partial charge in [0.05, 0.1) is 0 Å². The molecule has 1 saturated carbocycles. The van der Waals surface area contributed by atoms with Gasteiger partial charge >= 0.3 is 0 Å². The fourth-order valence-corrected chi connectivity index (χ4v) is 3.52. The van der Waals surface area contributed by atoms with Crippen LogP contribution in [0, 0.1) is 0 Å². The fourth-order valence-electron chi connectivity index (χ4n) is 3.13. The summed E-state index contributed by atoms with van der Waals surface area (Å²) in [6.07, 6.45) is 2.44. The highest BCUT2D eigenvalue weighted by molar-refractivity contribution is 6.24. The lowest BCUT2D eigenvalue weighted by molar-refractivity contribution is 0.555. The number of fused-ring (bicyclic) bond motifs is 5. The maximum Gasteiger partial charge on any atom is 0.0493 e. The Labute approximate surface area is 83.9 Å². The lowest BCUT2D eigenvalue weighted by atomic mass is 9.84. The van der Waals surface area contributed by atoms with Gasteiger partial charge in [0, 0.05) is 10.8 Å². The van der Waals surface area contributed by atoms with Crippen molar-refractivity contribution in [3.63, 3.8) is 0 Å². The van der Waals surface area contributed by atoms with Crippen LogP contribution in [0.15, 0.2) is 24.3 Å². The summed E-state index contributed by atoms with van der Waals surface area (Å²) in [7, 11) is 0. The van der Waals surface area contributed by atoms with Crippen molar-refractivity contribution in [2.24, 2.45) is 0 Å². The average molecular weight is 193 g/mol. The van der Waals surface area contributed by atoms with Crippen molar-refractivity contribution in [2.45, 2.75) is 36.5 Å². The number of hydrogen-bond donors (Lipinski definition) is 0. The van der Waals surface area contributed by atoms with Crippen LogP contribution in [0.2, 0.25) is 0 Å². The molecule has 1 heteroatoms. The van der Waals surface area contributed by atoms with Crippen molar-refractivity contribution in [3.8, 4) is 0 Å². The first kappa shape index (κ1) is 7.87. The Morgan fingerprint density at radius 2 is 2.00 bits per heavy atom. The molecule has 0 aromatic heterocycles. The largest absolute Gasteiger partial charge is 0.119 e. The predicted molar refractivity (Wildman–Crippen MR) is 55.4 cm³/mol. The molecule has 68 valence electrons. The normalized spacial score (nSPS) is 40.8. The summed E-state index contributed by atoms with van der Waals surface area (Å²) in [4.78, 5) is 0.0268. The second-order valence-corrected chi connectivity index (χ2v) is 5.46. The molecule has 0 aliphatic heterocycles. The van der Waals surface area contributed by atoms with Crippen molar-refractivity contribution in [3.05, 3.63) is 35.4 Å². The molecule has 2 aliphatic carbocycles. The molecule has 3 rings (SSSR count). The van der Waals surface area contributed by atoms with Crippen LogP contribution in [0.1, 0.15) is 42.7 Å². The molecule has 0 N–H and O–H groups in total. The Morgan fingerprint density at radius 1 is 1.31 bits per heavy atom. The summed E-state index contributed by atoms with van der Waals surface area (Å²) < 4.78 is 0. The van der Waals surface area contributed by atoms with Gasteiger partial charge in [0.25, 0.3) is 0 Å². The number of alkyl halides is 1. The molecule has 0 radical (unpaired) electrons. The van der Waals surface area contributed by atoms with Crippen LogP contribution in [0.4, 0.5) is 0 Å². The van der Waals surface area contributed by atoms with Gasteiger partial charge in [0.15, 0.2) is 0 Å². The van der Waals surface area contributed by atoms with E-state index in [0.717, 1.165) is 12.3 Å². The first-order chi connectivity index (χ1) is 6.18. The van der Waals surface area contributed by atoms with E-state index in [4.69, 9.17) is 11.6 Å². The Morgan fingerprint density at radius 3 is 2.77 bits per heavy atom. The van der Waals surface area contributed by atoms with Gasteiger partial charge in [-0.1, -0.05) is 24.3 Å². The van der Waals surface area contributed by atoms with Gasteiger partial charge in [0.1, 0.15) is 0 Å². The molecule has 2 aliphatic rings. The van der Waals surface area contributed by atoms with E-state index in [2.05, 4.69) is 31.2 Å². The van der Waals surface area contributed by atoms with E-state index in [9.17, 15) is 0 Å². The van der Waals surface area contributed by atoms with E-state index in [1.165, 1.54) is 12.0 Å². The zero-order valence-electron chi connectivity index (χ0n) is 7.76. The molecule has 1 fully saturated rings. The Kier molecular flexibility index (Phi) is 1.39. The molecule has 0 amide bonds. The predicted octanol–water partition coefficient (Wildman–Crippen LogP) is 3.66. The van der Waals surface area contributed by atoms with Crippen LogP contribution in [0.3, 0.4) is 0 Å². The zero-order valence-corrected chi connectivity index (χ0v) is 8.51. The number of halogens is 1. The highest BCUT2D eigenvalue weighted by atomic mass is 35.5. The molecule has 3 atom stereocenters. The van der Waals surface area contributed by atoms with E-state index in [1.807, 2.05) is 0 Å². The molecule has 2 bridgehead atoms. The van der Waals surface area contributed by atoms with Gasteiger partial charge in [-0.25, -0.2) is 0 Å². The highest BCUT2D eigenvalue weighted by Crippen LogP contribution is 2.60. The minimum Gasteiger partial charge on any atom is -0.119 e. The molecule has 1 aromatic carbocycles. The maximum absolute atomic E-state index is 6.49. The minimum atomic E-state index is 0.0268. The second-order valence-electron chi connectivity index (χ2n) is 4.60. The SMILES string of the molecule is C[C@@]1(Cl)C[C@@H]2C[C@H]1c1ccccc12. The summed E-state index contributed by atoms with van der Waals surface area (Å²) in [5, 5.41) is 0. The van der Waals surface area contributed by atoms with Crippen molar-refractivity contribution < 1.29 is 0 Å². The number of hydrogen-bond acceptors (Lipinski definition) is 0. The summed E-state index contributed by atoms with van der Waals surface area (Å²) in [5.41, 5.74) is 3.07. The summed E-state index contributed by atoms with van der Waals surface area (Å²) in [6, 6.07) is 8.80. The summed E-state index contributed by atoms with van der Waals surface area (Å²) >= 11 is 6.49. The van der Waals surface area contributed by atoms with E-state index in [0.29, 0.717) is 5.92 Å². The molecule has 0 heterocycles. The standard InChI is InChI=1S/C12H13Cl/c1-12(13)7-8-6-11(12)10-5-3-2-4-9(8)10/h2-5,8,11H,6-7H2,1H3/t8-,11-,12+/m0/s1. The topological polar surface area (TPSA) is 0 Å². The van der Waals surface area contributed by atoms with Gasteiger partial charge in [-0.15, -0.1) is 11.6 Å². The van der Waals surface area contributed by atoms with Crippen LogP contribution < -0.4 is 0 Å². The monoisotopic (exact) mass is 192 g/mol. The molecule has 13 heavy (non-hydrogen) atoms. The van der Waals surface area contributed by atoms with Crippen LogP contribution in [-0.2, 0) is 0 Å². The van der Waals surface area contributed by atoms with E-state index >= 15 is 0 Å². The summed E-state index contributed by atoms with van der Waals surface area (Å²) in [5.74, 6) is 1.35. The van der Waals surface area contributed by atoms with Gasteiger partial charge in [0.2, 0.25) is 0 Å². The number of benzene rings is 1. The molecule has 0 unspecified atom stereocenters. The van der Waals surface area contributed by atoms with Crippen LogP contribution in [-0.4, -0.2) is 4.87 Å². The molecule has 1 aromatic rings.